The number of hydrogen-bond acceptors (Lipinski definition) is 4. The van der Waals surface area contributed by atoms with Gasteiger partial charge in [-0.3, -0.25) is 4.79 Å². The predicted octanol–water partition coefficient (Wildman–Crippen LogP) is 4.07. The van der Waals surface area contributed by atoms with Crippen molar-refractivity contribution >= 4 is 11.9 Å². The van der Waals surface area contributed by atoms with Crippen molar-refractivity contribution in [1.29, 1.82) is 0 Å². The molecule has 0 radical (unpaired) electrons. The molecule has 0 spiro atoms. The van der Waals surface area contributed by atoms with Gasteiger partial charge in [0.05, 0.1) is 6.04 Å². The summed E-state index contributed by atoms with van der Waals surface area (Å²) in [5, 5.41) is 2.81. The molecule has 1 aliphatic heterocycles. The molecule has 5 heteroatoms. The number of nitrogens with one attached hydrogen (secondary N) is 1. The van der Waals surface area contributed by atoms with Gasteiger partial charge in [-0.1, -0.05) is 42.5 Å². The molecule has 1 aliphatic rings. The van der Waals surface area contributed by atoms with E-state index in [2.05, 4.69) is 5.32 Å². The lowest BCUT2D eigenvalue weighted by Crippen LogP contribution is -2.35. The second-order valence-electron chi connectivity index (χ2n) is 7.35. The fourth-order valence-corrected chi connectivity index (χ4v) is 2.84. The van der Waals surface area contributed by atoms with Crippen molar-refractivity contribution in [3.63, 3.8) is 0 Å². The molecule has 0 aliphatic carbocycles. The van der Waals surface area contributed by atoms with Crippen LogP contribution in [0.4, 0.5) is 4.79 Å². The number of carbonyl (C=O) groups excluding carboxylic acids is 2. The number of ketones is 1. The smallest absolute Gasteiger partial charge is 0.408 e. The second-order valence-corrected chi connectivity index (χ2v) is 7.35. The Labute approximate surface area is 153 Å². The maximum absolute atomic E-state index is 12.5. The number of carbonyl (C=O) groups is 2. The van der Waals surface area contributed by atoms with Gasteiger partial charge in [0.15, 0.2) is 5.78 Å². The van der Waals surface area contributed by atoms with Gasteiger partial charge < -0.3 is 14.8 Å². The first-order valence-corrected chi connectivity index (χ1v) is 8.65. The number of hydrogen-bond donors (Lipinski definition) is 1. The Bertz CT molecular complexity index is 809. The van der Waals surface area contributed by atoms with Crippen molar-refractivity contribution in [3.05, 3.63) is 65.2 Å². The van der Waals surface area contributed by atoms with Crippen LogP contribution in [0.3, 0.4) is 0 Å². The quantitative estimate of drug-likeness (QED) is 0.842. The summed E-state index contributed by atoms with van der Waals surface area (Å²) >= 11 is 0. The van der Waals surface area contributed by atoms with Gasteiger partial charge in [0.2, 0.25) is 0 Å². The highest BCUT2D eigenvalue weighted by atomic mass is 16.6. The number of amides is 1. The third-order valence-electron chi connectivity index (χ3n) is 4.01. The molecule has 26 heavy (non-hydrogen) atoms. The Morgan fingerprint density at radius 1 is 1.15 bits per heavy atom. The standard InChI is InChI=1S/C21H23NO4/c1-21(2,3)26-20(24)22-17-13-25-19-12-15(9-10-16(17)19)18(23)11-14-7-5-4-6-8-14/h4-10,12,17H,11,13H2,1-3H3,(H,22,24)/t17-/m0/s1. The summed E-state index contributed by atoms with van der Waals surface area (Å²) < 4.78 is 10.9. The van der Waals surface area contributed by atoms with Crippen LogP contribution in [0.5, 0.6) is 5.75 Å². The normalized spacial score (nSPS) is 15.7. The molecular weight excluding hydrogens is 330 g/mol. The maximum atomic E-state index is 12.5. The lowest BCUT2D eigenvalue weighted by Gasteiger charge is -2.21. The average Bonchev–Trinajstić information content (AvgIpc) is 2.96. The number of fused-ring (bicyclic) bond motifs is 1. The van der Waals surface area contributed by atoms with E-state index >= 15 is 0 Å². The molecular formula is C21H23NO4. The zero-order chi connectivity index (χ0) is 18.7. The molecule has 5 nitrogen and oxygen atoms in total. The second kappa shape index (κ2) is 7.20. The van der Waals surface area contributed by atoms with Gasteiger partial charge in [-0.2, -0.15) is 0 Å². The lowest BCUT2D eigenvalue weighted by molar-refractivity contribution is 0.0496. The van der Waals surface area contributed by atoms with Crippen LogP contribution >= 0.6 is 0 Å². The summed E-state index contributed by atoms with van der Waals surface area (Å²) in [6.45, 7) is 5.77. The maximum Gasteiger partial charge on any atom is 0.408 e. The number of rotatable bonds is 4. The first kappa shape index (κ1) is 18.0. The van der Waals surface area contributed by atoms with Crippen LogP contribution < -0.4 is 10.1 Å². The van der Waals surface area contributed by atoms with Crippen LogP contribution in [0, 0.1) is 0 Å². The van der Waals surface area contributed by atoms with Crippen molar-refractivity contribution in [2.75, 3.05) is 6.61 Å². The van der Waals surface area contributed by atoms with E-state index in [4.69, 9.17) is 9.47 Å². The van der Waals surface area contributed by atoms with E-state index in [0.717, 1.165) is 11.1 Å². The first-order chi connectivity index (χ1) is 12.3. The van der Waals surface area contributed by atoms with E-state index in [0.29, 0.717) is 24.3 Å². The highest BCUT2D eigenvalue weighted by Gasteiger charge is 2.28. The Morgan fingerprint density at radius 2 is 1.88 bits per heavy atom. The van der Waals surface area contributed by atoms with E-state index in [1.807, 2.05) is 57.2 Å². The van der Waals surface area contributed by atoms with Crippen molar-refractivity contribution in [3.8, 4) is 5.75 Å². The number of alkyl carbamates (subject to hydrolysis) is 1. The molecule has 0 saturated heterocycles. The van der Waals surface area contributed by atoms with E-state index in [1.165, 1.54) is 0 Å². The average molecular weight is 353 g/mol. The predicted molar refractivity (Wildman–Crippen MR) is 98.5 cm³/mol. The molecule has 1 atom stereocenters. The van der Waals surface area contributed by atoms with Crippen LogP contribution in [0.25, 0.3) is 0 Å². The molecule has 2 aromatic carbocycles. The van der Waals surface area contributed by atoms with E-state index < -0.39 is 11.7 Å². The van der Waals surface area contributed by atoms with Crippen molar-refractivity contribution in [2.45, 2.75) is 38.8 Å². The number of Topliss-reactive ketones (excluding diaryl/α,β-unsaturated/α-hetero) is 1. The largest absolute Gasteiger partial charge is 0.491 e. The highest BCUT2D eigenvalue weighted by molar-refractivity contribution is 5.98. The topological polar surface area (TPSA) is 64.6 Å². The molecule has 1 heterocycles. The molecule has 136 valence electrons. The van der Waals surface area contributed by atoms with Crippen LogP contribution in [0.15, 0.2) is 48.5 Å². The number of benzene rings is 2. The molecule has 0 saturated carbocycles. The van der Waals surface area contributed by atoms with Gasteiger partial charge in [0.25, 0.3) is 0 Å². The molecule has 0 aromatic heterocycles. The monoisotopic (exact) mass is 353 g/mol. The van der Waals surface area contributed by atoms with Crippen LogP contribution in [-0.4, -0.2) is 24.1 Å². The summed E-state index contributed by atoms with van der Waals surface area (Å²) in [5.41, 5.74) is 1.88. The van der Waals surface area contributed by atoms with E-state index in [1.54, 1.807) is 12.1 Å². The van der Waals surface area contributed by atoms with E-state index in [-0.39, 0.29) is 11.8 Å². The number of ether oxygens (including phenoxy) is 2. The molecule has 0 fully saturated rings. The zero-order valence-electron chi connectivity index (χ0n) is 15.2. The third-order valence-corrected chi connectivity index (χ3v) is 4.01. The SMILES string of the molecule is CC(C)(C)OC(=O)N[C@H]1COc2cc(C(=O)Cc3ccccc3)ccc21. The Kier molecular flexibility index (Phi) is 4.98. The van der Waals surface area contributed by atoms with Gasteiger partial charge in [-0.15, -0.1) is 0 Å². The molecule has 0 bridgehead atoms. The minimum atomic E-state index is -0.555. The van der Waals surface area contributed by atoms with E-state index in [9.17, 15) is 9.59 Å². The first-order valence-electron chi connectivity index (χ1n) is 8.65. The molecule has 2 aromatic rings. The Balaban J connectivity index is 1.68. The van der Waals surface area contributed by atoms with Gasteiger partial charge in [0.1, 0.15) is 18.0 Å². The molecule has 1 amide bonds. The van der Waals surface area contributed by atoms with Crippen LogP contribution in [0.2, 0.25) is 0 Å². The zero-order valence-corrected chi connectivity index (χ0v) is 15.2. The van der Waals surface area contributed by atoms with Gasteiger partial charge in [-0.25, -0.2) is 4.79 Å². The Morgan fingerprint density at radius 3 is 2.58 bits per heavy atom. The Hall–Kier alpha value is -2.82. The van der Waals surface area contributed by atoms with Gasteiger partial charge >= 0.3 is 6.09 Å². The fraction of sp³-hybridized carbons (Fsp3) is 0.333. The lowest BCUT2D eigenvalue weighted by atomic mass is 10.00. The fourth-order valence-electron chi connectivity index (χ4n) is 2.84. The molecule has 1 N–H and O–H groups in total. The summed E-state index contributed by atoms with van der Waals surface area (Å²) in [6.07, 6.45) is -0.137. The molecule has 0 unspecified atom stereocenters. The van der Waals surface area contributed by atoms with Crippen molar-refractivity contribution in [2.24, 2.45) is 0 Å². The van der Waals surface area contributed by atoms with Crippen molar-refractivity contribution < 1.29 is 19.1 Å². The minimum Gasteiger partial charge on any atom is -0.491 e. The summed E-state index contributed by atoms with van der Waals surface area (Å²) in [4.78, 5) is 24.4. The summed E-state index contributed by atoms with van der Waals surface area (Å²) in [7, 11) is 0. The van der Waals surface area contributed by atoms with Gasteiger partial charge in [-0.05, 0) is 32.4 Å². The molecule has 3 rings (SSSR count). The summed E-state index contributed by atoms with van der Waals surface area (Å²) in [6, 6.07) is 14.7. The van der Waals surface area contributed by atoms with Crippen molar-refractivity contribution in [1.82, 2.24) is 5.32 Å². The minimum absolute atomic E-state index is 0.0335. The van der Waals surface area contributed by atoms with Crippen LogP contribution in [0.1, 0.15) is 48.3 Å². The highest BCUT2D eigenvalue weighted by Crippen LogP contribution is 2.33. The summed E-state index contributed by atoms with van der Waals surface area (Å²) in [5.74, 6) is 0.663. The third kappa shape index (κ3) is 4.42. The van der Waals surface area contributed by atoms with Gasteiger partial charge in [0, 0.05) is 17.5 Å². The van der Waals surface area contributed by atoms with Crippen LogP contribution in [-0.2, 0) is 11.2 Å².